The molecule has 4 nitrogen and oxygen atoms in total. The first-order valence-corrected chi connectivity index (χ1v) is 16.4. The summed E-state index contributed by atoms with van der Waals surface area (Å²) >= 11 is 0. The van der Waals surface area contributed by atoms with Crippen molar-refractivity contribution in [3.63, 3.8) is 0 Å². The predicted octanol–water partition coefficient (Wildman–Crippen LogP) is 5.04. The Morgan fingerprint density at radius 2 is 1.38 bits per heavy atom. The SMILES string of the molecule is Cc1ccc(S(=O)(=O)N(Cc2ccccc2)[C@@H](Cc2ccccc2)[C@H](O)C#C[Si](C)(C)C)cc1. The smallest absolute Gasteiger partial charge is 0.243 e. The quantitative estimate of drug-likeness (QED) is 0.355. The minimum atomic E-state index is -3.92. The second kappa shape index (κ2) is 11.2. The lowest BCUT2D eigenvalue weighted by atomic mass is 10.0. The molecule has 3 aromatic rings. The van der Waals surface area contributed by atoms with Crippen LogP contribution < -0.4 is 0 Å². The summed E-state index contributed by atoms with van der Waals surface area (Å²) in [6.07, 6.45) is -0.781. The lowest BCUT2D eigenvalue weighted by Crippen LogP contribution is -2.47. The first-order valence-electron chi connectivity index (χ1n) is 11.4. The molecule has 34 heavy (non-hydrogen) atoms. The van der Waals surface area contributed by atoms with Crippen LogP contribution in [0.2, 0.25) is 19.6 Å². The van der Waals surface area contributed by atoms with Gasteiger partial charge in [-0.1, -0.05) is 104 Å². The van der Waals surface area contributed by atoms with Crippen molar-refractivity contribution in [3.8, 4) is 11.5 Å². The second-order valence-electron chi connectivity index (χ2n) is 9.57. The van der Waals surface area contributed by atoms with Crippen LogP contribution in [0.25, 0.3) is 0 Å². The highest BCUT2D eigenvalue weighted by atomic mass is 32.2. The third-order valence-electron chi connectivity index (χ3n) is 5.43. The number of aryl methyl sites for hydroxylation is 1. The molecule has 0 amide bonds. The molecule has 0 saturated heterocycles. The average Bonchev–Trinajstić information content (AvgIpc) is 2.81. The average molecular weight is 492 g/mol. The Morgan fingerprint density at radius 1 is 0.853 bits per heavy atom. The summed E-state index contributed by atoms with van der Waals surface area (Å²) in [5, 5.41) is 11.3. The minimum Gasteiger partial charge on any atom is -0.379 e. The first-order chi connectivity index (χ1) is 16.1. The van der Waals surface area contributed by atoms with E-state index in [4.69, 9.17) is 0 Å². The van der Waals surface area contributed by atoms with E-state index in [1.54, 1.807) is 24.3 Å². The van der Waals surface area contributed by atoms with Gasteiger partial charge >= 0.3 is 0 Å². The number of aliphatic hydroxyl groups excluding tert-OH is 1. The van der Waals surface area contributed by atoms with E-state index in [2.05, 4.69) is 31.1 Å². The predicted molar refractivity (Wildman–Crippen MR) is 141 cm³/mol. The molecule has 0 saturated carbocycles. The molecule has 0 unspecified atom stereocenters. The second-order valence-corrected chi connectivity index (χ2v) is 16.2. The summed E-state index contributed by atoms with van der Waals surface area (Å²) in [4.78, 5) is 0.206. The zero-order valence-electron chi connectivity index (χ0n) is 20.3. The Bertz CT molecular complexity index is 1230. The number of nitrogens with zero attached hydrogens (tertiary/aromatic N) is 1. The highest BCUT2D eigenvalue weighted by molar-refractivity contribution is 7.89. The Morgan fingerprint density at radius 3 is 1.91 bits per heavy atom. The number of hydrogen-bond acceptors (Lipinski definition) is 3. The Labute approximate surface area is 205 Å². The van der Waals surface area contributed by atoms with Gasteiger partial charge in [0, 0.05) is 6.54 Å². The van der Waals surface area contributed by atoms with Crippen molar-refractivity contribution in [2.45, 2.75) is 56.6 Å². The maximum absolute atomic E-state index is 14.0. The van der Waals surface area contributed by atoms with Gasteiger partial charge in [-0.15, -0.1) is 5.54 Å². The molecule has 0 radical (unpaired) electrons. The van der Waals surface area contributed by atoms with Crippen LogP contribution in [0, 0.1) is 18.4 Å². The lowest BCUT2D eigenvalue weighted by Gasteiger charge is -2.33. The summed E-state index contributed by atoms with van der Waals surface area (Å²) in [6, 6.07) is 25.2. The van der Waals surface area contributed by atoms with Crippen LogP contribution in [-0.2, 0) is 23.0 Å². The number of sulfonamides is 1. The fourth-order valence-electron chi connectivity index (χ4n) is 3.60. The number of aliphatic hydroxyl groups is 1. The molecule has 178 valence electrons. The normalized spacial score (nSPS) is 13.7. The highest BCUT2D eigenvalue weighted by Crippen LogP contribution is 2.25. The van der Waals surface area contributed by atoms with Crippen LogP contribution in [-0.4, -0.2) is 38.0 Å². The van der Waals surface area contributed by atoms with Gasteiger partial charge < -0.3 is 5.11 Å². The minimum absolute atomic E-state index is 0.139. The zero-order chi connectivity index (χ0) is 24.8. The molecule has 0 spiro atoms. The molecule has 6 heteroatoms. The van der Waals surface area contributed by atoms with Gasteiger partial charge in [0.05, 0.1) is 10.9 Å². The van der Waals surface area contributed by atoms with Gasteiger partial charge in [0.25, 0.3) is 0 Å². The zero-order valence-corrected chi connectivity index (χ0v) is 22.1. The van der Waals surface area contributed by atoms with Crippen molar-refractivity contribution in [1.29, 1.82) is 0 Å². The van der Waals surface area contributed by atoms with E-state index in [0.29, 0.717) is 6.42 Å². The van der Waals surface area contributed by atoms with Crippen LogP contribution in [0.15, 0.2) is 89.8 Å². The molecule has 0 fully saturated rings. The summed E-state index contributed by atoms with van der Waals surface area (Å²) in [7, 11) is -5.69. The van der Waals surface area contributed by atoms with Gasteiger partial charge in [-0.25, -0.2) is 8.42 Å². The molecule has 1 N–H and O–H groups in total. The van der Waals surface area contributed by atoms with Gasteiger partial charge in [0.1, 0.15) is 14.2 Å². The molecule has 0 aliphatic heterocycles. The summed E-state index contributed by atoms with van der Waals surface area (Å²) in [6.45, 7) is 8.36. The Kier molecular flexibility index (Phi) is 8.50. The van der Waals surface area contributed by atoms with Gasteiger partial charge in [-0.05, 0) is 36.6 Å². The van der Waals surface area contributed by atoms with E-state index >= 15 is 0 Å². The Balaban J connectivity index is 2.12. The molecular formula is C28H33NO3SSi. The van der Waals surface area contributed by atoms with Crippen LogP contribution in [0.1, 0.15) is 16.7 Å². The molecule has 0 aliphatic rings. The van der Waals surface area contributed by atoms with Gasteiger partial charge in [0.15, 0.2) is 0 Å². The van der Waals surface area contributed by atoms with Crippen molar-refractivity contribution in [1.82, 2.24) is 4.31 Å². The highest BCUT2D eigenvalue weighted by Gasteiger charge is 2.35. The largest absolute Gasteiger partial charge is 0.379 e. The van der Waals surface area contributed by atoms with Crippen molar-refractivity contribution in [3.05, 3.63) is 102 Å². The van der Waals surface area contributed by atoms with E-state index < -0.39 is 30.2 Å². The third kappa shape index (κ3) is 7.15. The van der Waals surface area contributed by atoms with Gasteiger partial charge in [-0.3, -0.25) is 0 Å². The number of hydrogen-bond donors (Lipinski definition) is 1. The van der Waals surface area contributed by atoms with Crippen LogP contribution >= 0.6 is 0 Å². The molecule has 3 rings (SSSR count). The molecule has 2 atom stereocenters. The molecule has 0 aromatic heterocycles. The summed E-state index contributed by atoms with van der Waals surface area (Å²) < 4.78 is 29.3. The number of rotatable bonds is 8. The maximum Gasteiger partial charge on any atom is 0.243 e. The van der Waals surface area contributed by atoms with Crippen molar-refractivity contribution >= 4 is 18.1 Å². The maximum atomic E-state index is 14.0. The molecule has 3 aromatic carbocycles. The lowest BCUT2D eigenvalue weighted by molar-refractivity contribution is 0.131. The fourth-order valence-corrected chi connectivity index (χ4v) is 5.80. The topological polar surface area (TPSA) is 57.6 Å². The van der Waals surface area contributed by atoms with Crippen molar-refractivity contribution < 1.29 is 13.5 Å². The van der Waals surface area contributed by atoms with Crippen molar-refractivity contribution in [2.24, 2.45) is 0 Å². The van der Waals surface area contributed by atoms with Crippen molar-refractivity contribution in [2.75, 3.05) is 0 Å². The molecule has 0 aliphatic carbocycles. The van der Waals surface area contributed by atoms with E-state index in [-0.39, 0.29) is 11.4 Å². The fraction of sp³-hybridized carbons (Fsp3) is 0.286. The number of benzene rings is 3. The van der Waals surface area contributed by atoms with Crippen LogP contribution in [0.5, 0.6) is 0 Å². The van der Waals surface area contributed by atoms with Crippen LogP contribution in [0.3, 0.4) is 0 Å². The third-order valence-corrected chi connectivity index (χ3v) is 8.21. The van der Waals surface area contributed by atoms with Gasteiger partial charge in [-0.2, -0.15) is 4.31 Å². The molecular weight excluding hydrogens is 458 g/mol. The van der Waals surface area contributed by atoms with Gasteiger partial charge in [0.2, 0.25) is 10.0 Å². The first kappa shape index (κ1) is 25.9. The van der Waals surface area contributed by atoms with E-state index in [9.17, 15) is 13.5 Å². The van der Waals surface area contributed by atoms with E-state index in [1.807, 2.05) is 67.6 Å². The summed E-state index contributed by atoms with van der Waals surface area (Å²) in [5.74, 6) is 3.00. The van der Waals surface area contributed by atoms with E-state index in [1.165, 1.54) is 4.31 Å². The standard InChI is InChI=1S/C28H33NO3SSi/c1-23-15-17-26(18-16-23)33(31,32)29(22-25-13-9-6-10-14-25)27(21-24-11-7-5-8-12-24)28(30)19-20-34(2,3)4/h5-18,27-28,30H,21-22H2,1-4H3/t27-,28+/m0/s1. The summed E-state index contributed by atoms with van der Waals surface area (Å²) in [5.41, 5.74) is 6.00. The molecule has 0 bridgehead atoms. The monoisotopic (exact) mass is 491 g/mol. The van der Waals surface area contributed by atoms with Crippen LogP contribution in [0.4, 0.5) is 0 Å². The van der Waals surface area contributed by atoms with E-state index in [0.717, 1.165) is 16.7 Å². The molecule has 0 heterocycles. The Hall–Kier alpha value is -2.69.